The van der Waals surface area contributed by atoms with Gasteiger partial charge in [0.1, 0.15) is 11.5 Å². The molecule has 8 nitrogen and oxygen atoms in total. The summed E-state index contributed by atoms with van der Waals surface area (Å²) in [4.78, 5) is 12.4. The first-order chi connectivity index (χ1) is 13.7. The molecule has 9 heteroatoms. The summed E-state index contributed by atoms with van der Waals surface area (Å²) in [6.45, 7) is 5.23. The number of hydrogen-bond acceptors (Lipinski definition) is 6. The van der Waals surface area contributed by atoms with Gasteiger partial charge >= 0.3 is 0 Å². The van der Waals surface area contributed by atoms with Gasteiger partial charge in [-0.1, -0.05) is 17.3 Å². The summed E-state index contributed by atoms with van der Waals surface area (Å²) >= 11 is 0. The molecule has 2 N–H and O–H groups in total. The minimum Gasteiger partial charge on any atom is -0.481 e. The Labute approximate surface area is 168 Å². The summed E-state index contributed by atoms with van der Waals surface area (Å²) in [5.74, 6) is 0.839. The van der Waals surface area contributed by atoms with Crippen LogP contribution >= 0.6 is 0 Å². The van der Waals surface area contributed by atoms with E-state index in [0.717, 1.165) is 5.56 Å². The summed E-state index contributed by atoms with van der Waals surface area (Å²) in [5, 5.41) is 6.31. The predicted molar refractivity (Wildman–Crippen MR) is 108 cm³/mol. The molecule has 2 aromatic carbocycles. The normalized spacial score (nSPS) is 12.2. The monoisotopic (exact) mass is 415 g/mol. The smallest absolute Gasteiger partial charge is 0.265 e. The fourth-order valence-corrected chi connectivity index (χ4v) is 3.50. The van der Waals surface area contributed by atoms with E-state index in [0.29, 0.717) is 17.2 Å². The Morgan fingerprint density at radius 3 is 2.45 bits per heavy atom. The van der Waals surface area contributed by atoms with Crippen molar-refractivity contribution in [3.63, 3.8) is 0 Å². The molecule has 3 rings (SSSR count). The molecule has 0 saturated heterocycles. The Morgan fingerprint density at radius 2 is 1.83 bits per heavy atom. The number of anilines is 2. The number of ether oxygens (including phenoxy) is 1. The summed E-state index contributed by atoms with van der Waals surface area (Å²) < 4.78 is 37.6. The molecule has 0 aliphatic heterocycles. The zero-order valence-corrected chi connectivity index (χ0v) is 17.0. The van der Waals surface area contributed by atoms with Crippen LogP contribution in [0.5, 0.6) is 5.75 Å². The lowest BCUT2D eigenvalue weighted by molar-refractivity contribution is -0.122. The first-order valence-corrected chi connectivity index (χ1v) is 10.3. The van der Waals surface area contributed by atoms with E-state index in [4.69, 9.17) is 9.26 Å². The van der Waals surface area contributed by atoms with E-state index >= 15 is 0 Å². The molecule has 1 unspecified atom stereocenters. The fraction of sp³-hybridized carbons (Fsp3) is 0.200. The first-order valence-electron chi connectivity index (χ1n) is 8.83. The number of aromatic nitrogens is 1. The number of hydrogen-bond donors (Lipinski definition) is 2. The molecule has 3 aromatic rings. The van der Waals surface area contributed by atoms with Crippen molar-refractivity contribution in [3.8, 4) is 5.75 Å². The summed E-state index contributed by atoms with van der Waals surface area (Å²) in [7, 11) is -3.82. The Morgan fingerprint density at radius 1 is 1.10 bits per heavy atom. The second kappa shape index (κ2) is 8.36. The number of nitrogens with zero attached hydrogens (tertiary/aromatic N) is 1. The molecule has 29 heavy (non-hydrogen) atoms. The van der Waals surface area contributed by atoms with Crippen molar-refractivity contribution in [3.05, 3.63) is 65.9 Å². The number of nitrogens with one attached hydrogen (secondary N) is 2. The van der Waals surface area contributed by atoms with Crippen LogP contribution in [0.25, 0.3) is 0 Å². The first kappa shape index (κ1) is 20.4. The summed E-state index contributed by atoms with van der Waals surface area (Å²) in [6.07, 6.45) is -0.725. The van der Waals surface area contributed by atoms with E-state index in [1.54, 1.807) is 19.9 Å². The van der Waals surface area contributed by atoms with Crippen molar-refractivity contribution in [2.75, 3.05) is 10.0 Å². The van der Waals surface area contributed by atoms with Crippen LogP contribution in [0, 0.1) is 13.8 Å². The number of carbonyl (C=O) groups is 1. The van der Waals surface area contributed by atoms with Gasteiger partial charge in [0.05, 0.1) is 4.90 Å². The van der Waals surface area contributed by atoms with Gasteiger partial charge in [-0.2, -0.15) is 0 Å². The summed E-state index contributed by atoms with van der Waals surface area (Å²) in [6, 6.07) is 14.6. The van der Waals surface area contributed by atoms with Gasteiger partial charge in [-0.05, 0) is 62.7 Å². The molecule has 1 atom stereocenters. The molecule has 0 bridgehead atoms. The van der Waals surface area contributed by atoms with Crippen molar-refractivity contribution < 1.29 is 22.5 Å². The standard InChI is InChI=1S/C20H21N3O5S/c1-13-5-4-6-17(11-13)27-15(3)20(24)21-16-7-9-18(10-8-16)29(25,26)23-19-12-14(2)28-22-19/h4-12,15H,1-3H3,(H,21,24)(H,22,23). The average molecular weight is 415 g/mol. The highest BCUT2D eigenvalue weighted by Crippen LogP contribution is 2.19. The number of carbonyl (C=O) groups excluding carboxylic acids is 1. The van der Waals surface area contributed by atoms with Gasteiger partial charge in [-0.3, -0.25) is 9.52 Å². The Kier molecular flexibility index (Phi) is 5.88. The van der Waals surface area contributed by atoms with Crippen molar-refractivity contribution in [1.29, 1.82) is 0 Å². The molecular formula is C20H21N3O5S. The second-order valence-electron chi connectivity index (χ2n) is 6.52. The third kappa shape index (κ3) is 5.35. The van der Waals surface area contributed by atoms with Crippen LogP contribution in [0.2, 0.25) is 0 Å². The van der Waals surface area contributed by atoms with Crippen LogP contribution in [0.4, 0.5) is 11.5 Å². The highest BCUT2D eigenvalue weighted by atomic mass is 32.2. The van der Waals surface area contributed by atoms with E-state index in [1.807, 2.05) is 25.1 Å². The minimum atomic E-state index is -3.82. The minimum absolute atomic E-state index is 0.0280. The number of amides is 1. The molecule has 0 aliphatic rings. The zero-order chi connectivity index (χ0) is 21.0. The van der Waals surface area contributed by atoms with Crippen molar-refractivity contribution in [1.82, 2.24) is 5.16 Å². The van der Waals surface area contributed by atoms with Crippen LogP contribution in [0.1, 0.15) is 18.2 Å². The van der Waals surface area contributed by atoms with Gasteiger partial charge in [0.2, 0.25) is 0 Å². The van der Waals surface area contributed by atoms with Gasteiger partial charge in [-0.15, -0.1) is 0 Å². The molecule has 0 fully saturated rings. The largest absolute Gasteiger partial charge is 0.481 e. The molecule has 0 aliphatic carbocycles. The van der Waals surface area contributed by atoms with Crippen LogP contribution in [0.15, 0.2) is 64.0 Å². The molecule has 0 spiro atoms. The number of benzene rings is 2. The molecule has 1 heterocycles. The molecular weight excluding hydrogens is 394 g/mol. The van der Waals surface area contributed by atoms with E-state index < -0.39 is 16.1 Å². The quantitative estimate of drug-likeness (QED) is 0.611. The highest BCUT2D eigenvalue weighted by Gasteiger charge is 2.18. The topological polar surface area (TPSA) is 111 Å². The van der Waals surface area contributed by atoms with Gasteiger partial charge < -0.3 is 14.6 Å². The maximum atomic E-state index is 12.4. The zero-order valence-electron chi connectivity index (χ0n) is 16.2. The van der Waals surface area contributed by atoms with E-state index in [2.05, 4.69) is 15.2 Å². The van der Waals surface area contributed by atoms with E-state index in [-0.39, 0.29) is 16.6 Å². The highest BCUT2D eigenvalue weighted by molar-refractivity contribution is 7.92. The maximum absolute atomic E-state index is 12.4. The van der Waals surface area contributed by atoms with Crippen molar-refractivity contribution in [2.45, 2.75) is 31.8 Å². The van der Waals surface area contributed by atoms with Gasteiger partial charge in [0.15, 0.2) is 11.9 Å². The van der Waals surface area contributed by atoms with Crippen LogP contribution in [-0.2, 0) is 14.8 Å². The Hall–Kier alpha value is -3.33. The molecule has 1 aromatic heterocycles. The third-order valence-corrected chi connectivity index (χ3v) is 5.34. The molecule has 1 amide bonds. The number of rotatable bonds is 7. The Balaban J connectivity index is 1.62. The molecule has 0 radical (unpaired) electrons. The van der Waals surface area contributed by atoms with Crippen molar-refractivity contribution >= 4 is 27.4 Å². The SMILES string of the molecule is Cc1cccc(OC(C)C(=O)Nc2ccc(S(=O)(=O)Nc3cc(C)on3)cc2)c1. The van der Waals surface area contributed by atoms with Crippen molar-refractivity contribution in [2.24, 2.45) is 0 Å². The summed E-state index contributed by atoms with van der Waals surface area (Å²) in [5.41, 5.74) is 1.48. The van der Waals surface area contributed by atoms with E-state index in [1.165, 1.54) is 30.3 Å². The molecule has 152 valence electrons. The fourth-order valence-electron chi connectivity index (χ4n) is 2.52. The third-order valence-electron chi connectivity index (χ3n) is 3.97. The van der Waals surface area contributed by atoms with Gasteiger partial charge in [0, 0.05) is 11.8 Å². The lowest BCUT2D eigenvalue weighted by atomic mass is 10.2. The van der Waals surface area contributed by atoms with Crippen LogP contribution in [-0.4, -0.2) is 25.6 Å². The van der Waals surface area contributed by atoms with Gasteiger partial charge in [0.25, 0.3) is 15.9 Å². The number of sulfonamides is 1. The van der Waals surface area contributed by atoms with Crippen LogP contribution in [0.3, 0.4) is 0 Å². The lowest BCUT2D eigenvalue weighted by Crippen LogP contribution is -2.30. The predicted octanol–water partition coefficient (Wildman–Crippen LogP) is 3.50. The number of aryl methyl sites for hydroxylation is 2. The molecule has 0 saturated carbocycles. The Bertz CT molecular complexity index is 1110. The lowest BCUT2D eigenvalue weighted by Gasteiger charge is -2.15. The van der Waals surface area contributed by atoms with Gasteiger partial charge in [-0.25, -0.2) is 8.42 Å². The van der Waals surface area contributed by atoms with Crippen LogP contribution < -0.4 is 14.8 Å². The average Bonchev–Trinajstić information content (AvgIpc) is 3.06. The second-order valence-corrected chi connectivity index (χ2v) is 8.20. The maximum Gasteiger partial charge on any atom is 0.265 e. The van der Waals surface area contributed by atoms with E-state index in [9.17, 15) is 13.2 Å².